The SMILES string of the molecule is Cc1ccc(S(N)(=O)=O)cc1NC(=O)C1CCCC1CN. The van der Waals surface area contributed by atoms with Gasteiger partial charge in [0.1, 0.15) is 0 Å². The van der Waals surface area contributed by atoms with Gasteiger partial charge in [-0.3, -0.25) is 4.79 Å². The number of nitrogens with one attached hydrogen (secondary N) is 1. The van der Waals surface area contributed by atoms with Gasteiger partial charge >= 0.3 is 0 Å². The van der Waals surface area contributed by atoms with Crippen molar-refractivity contribution in [3.8, 4) is 0 Å². The van der Waals surface area contributed by atoms with E-state index < -0.39 is 10.0 Å². The number of amides is 1. The molecule has 1 aliphatic carbocycles. The highest BCUT2D eigenvalue weighted by Crippen LogP contribution is 2.32. The minimum absolute atomic E-state index is 0.00908. The molecule has 5 N–H and O–H groups in total. The molecule has 0 radical (unpaired) electrons. The highest BCUT2D eigenvalue weighted by molar-refractivity contribution is 7.89. The van der Waals surface area contributed by atoms with Crippen LogP contribution in [0, 0.1) is 18.8 Å². The average molecular weight is 311 g/mol. The lowest BCUT2D eigenvalue weighted by Crippen LogP contribution is -2.30. The van der Waals surface area contributed by atoms with Crippen molar-refractivity contribution in [3.63, 3.8) is 0 Å². The van der Waals surface area contributed by atoms with E-state index in [9.17, 15) is 13.2 Å². The summed E-state index contributed by atoms with van der Waals surface area (Å²) >= 11 is 0. The third-order valence-electron chi connectivity index (χ3n) is 4.09. The molecule has 7 heteroatoms. The van der Waals surface area contributed by atoms with Crippen LogP contribution in [0.1, 0.15) is 24.8 Å². The van der Waals surface area contributed by atoms with Crippen LogP contribution in [0.15, 0.2) is 23.1 Å². The van der Waals surface area contributed by atoms with Crippen LogP contribution in [0.25, 0.3) is 0 Å². The molecule has 0 spiro atoms. The Bertz CT molecular complexity index is 643. The van der Waals surface area contributed by atoms with Crippen molar-refractivity contribution in [1.82, 2.24) is 0 Å². The summed E-state index contributed by atoms with van der Waals surface area (Å²) in [6.45, 7) is 2.30. The van der Waals surface area contributed by atoms with Gasteiger partial charge < -0.3 is 11.1 Å². The van der Waals surface area contributed by atoms with Crippen LogP contribution in [0.4, 0.5) is 5.69 Å². The molecule has 0 aliphatic heterocycles. The third kappa shape index (κ3) is 3.61. The minimum Gasteiger partial charge on any atom is -0.330 e. The summed E-state index contributed by atoms with van der Waals surface area (Å²) in [6.07, 6.45) is 2.78. The maximum Gasteiger partial charge on any atom is 0.238 e. The van der Waals surface area contributed by atoms with Gasteiger partial charge in [-0.1, -0.05) is 12.5 Å². The summed E-state index contributed by atoms with van der Waals surface area (Å²) in [6, 6.07) is 4.46. The standard InChI is InChI=1S/C14H21N3O3S/c1-9-5-6-11(21(16,19)20)7-13(9)17-14(18)12-4-2-3-10(12)8-15/h5-7,10,12H,2-4,8,15H2,1H3,(H,17,18)(H2,16,19,20). The summed E-state index contributed by atoms with van der Waals surface area (Å²) in [5.41, 5.74) is 6.96. The lowest BCUT2D eigenvalue weighted by molar-refractivity contribution is -0.120. The minimum atomic E-state index is -3.78. The molecule has 1 aromatic carbocycles. The number of rotatable bonds is 4. The van der Waals surface area contributed by atoms with E-state index in [0.717, 1.165) is 24.8 Å². The number of nitrogens with two attached hydrogens (primary N) is 2. The van der Waals surface area contributed by atoms with Gasteiger partial charge in [-0.25, -0.2) is 13.6 Å². The second-order valence-electron chi connectivity index (χ2n) is 5.54. The summed E-state index contributed by atoms with van der Waals surface area (Å²) in [5.74, 6) is -0.00288. The first-order chi connectivity index (χ1) is 9.82. The Morgan fingerprint density at radius 2 is 2.10 bits per heavy atom. The molecule has 0 saturated heterocycles. The smallest absolute Gasteiger partial charge is 0.238 e. The van der Waals surface area contributed by atoms with Gasteiger partial charge in [-0.05, 0) is 49.9 Å². The molecular weight excluding hydrogens is 290 g/mol. The zero-order valence-electron chi connectivity index (χ0n) is 12.0. The molecule has 2 unspecified atom stereocenters. The monoisotopic (exact) mass is 311 g/mol. The van der Waals surface area contributed by atoms with Crippen molar-refractivity contribution in [3.05, 3.63) is 23.8 Å². The Hall–Kier alpha value is -1.44. The van der Waals surface area contributed by atoms with E-state index in [2.05, 4.69) is 5.32 Å². The van der Waals surface area contributed by atoms with Crippen molar-refractivity contribution in [1.29, 1.82) is 0 Å². The van der Waals surface area contributed by atoms with Gasteiger partial charge in [-0.15, -0.1) is 0 Å². The number of hydrogen-bond donors (Lipinski definition) is 3. The van der Waals surface area contributed by atoms with Crippen LogP contribution in [-0.4, -0.2) is 20.9 Å². The molecule has 1 aromatic rings. The zero-order valence-corrected chi connectivity index (χ0v) is 12.8. The van der Waals surface area contributed by atoms with Gasteiger partial charge in [0.05, 0.1) is 4.90 Å². The third-order valence-corrected chi connectivity index (χ3v) is 5.01. The Morgan fingerprint density at radius 3 is 2.71 bits per heavy atom. The number of carbonyl (C=O) groups is 1. The summed E-state index contributed by atoms with van der Waals surface area (Å²) in [5, 5.41) is 7.93. The molecule has 2 rings (SSSR count). The second-order valence-corrected chi connectivity index (χ2v) is 7.11. The van der Waals surface area contributed by atoms with Crippen molar-refractivity contribution in [2.75, 3.05) is 11.9 Å². The van der Waals surface area contributed by atoms with E-state index in [1.54, 1.807) is 13.0 Å². The van der Waals surface area contributed by atoms with Gasteiger partial charge in [0.25, 0.3) is 0 Å². The zero-order chi connectivity index (χ0) is 15.6. The topological polar surface area (TPSA) is 115 Å². The van der Waals surface area contributed by atoms with Crippen molar-refractivity contribution in [2.45, 2.75) is 31.1 Å². The molecule has 0 heterocycles. The molecular formula is C14H21N3O3S. The summed E-state index contributed by atoms with van der Waals surface area (Å²) < 4.78 is 22.8. The van der Waals surface area contributed by atoms with Gasteiger partial charge in [0, 0.05) is 11.6 Å². The molecule has 21 heavy (non-hydrogen) atoms. The first kappa shape index (κ1) is 15.9. The van der Waals surface area contributed by atoms with E-state index in [0.29, 0.717) is 12.2 Å². The fourth-order valence-corrected chi connectivity index (χ4v) is 3.34. The molecule has 2 atom stereocenters. The van der Waals surface area contributed by atoms with Crippen molar-refractivity contribution >= 4 is 21.6 Å². The quantitative estimate of drug-likeness (QED) is 0.768. The van der Waals surface area contributed by atoms with Crippen LogP contribution in [-0.2, 0) is 14.8 Å². The van der Waals surface area contributed by atoms with Gasteiger partial charge in [0.2, 0.25) is 15.9 Å². The van der Waals surface area contributed by atoms with Gasteiger partial charge in [-0.2, -0.15) is 0 Å². The van der Waals surface area contributed by atoms with E-state index in [1.165, 1.54) is 12.1 Å². The maximum absolute atomic E-state index is 12.3. The number of hydrogen-bond acceptors (Lipinski definition) is 4. The number of carbonyl (C=O) groups excluding carboxylic acids is 1. The lowest BCUT2D eigenvalue weighted by Gasteiger charge is -2.18. The van der Waals surface area contributed by atoms with E-state index >= 15 is 0 Å². The molecule has 1 saturated carbocycles. The van der Waals surface area contributed by atoms with E-state index in [1.807, 2.05) is 0 Å². The first-order valence-electron chi connectivity index (χ1n) is 6.97. The largest absolute Gasteiger partial charge is 0.330 e. The first-order valence-corrected chi connectivity index (χ1v) is 8.52. The van der Waals surface area contributed by atoms with Crippen LogP contribution in [0.3, 0.4) is 0 Å². The van der Waals surface area contributed by atoms with Crippen LogP contribution < -0.4 is 16.2 Å². The van der Waals surface area contributed by atoms with Crippen LogP contribution in [0.2, 0.25) is 0 Å². The number of aryl methyl sites for hydroxylation is 1. The van der Waals surface area contributed by atoms with Crippen molar-refractivity contribution < 1.29 is 13.2 Å². The predicted octanol–water partition coefficient (Wildman–Crippen LogP) is 0.956. The Balaban J connectivity index is 2.21. The lowest BCUT2D eigenvalue weighted by atomic mass is 9.95. The van der Waals surface area contributed by atoms with Crippen LogP contribution >= 0.6 is 0 Å². The van der Waals surface area contributed by atoms with E-state index in [-0.39, 0.29) is 22.6 Å². The second kappa shape index (κ2) is 6.13. The predicted molar refractivity (Wildman–Crippen MR) is 81.1 cm³/mol. The Morgan fingerprint density at radius 1 is 1.38 bits per heavy atom. The number of primary sulfonamides is 1. The van der Waals surface area contributed by atoms with Crippen LogP contribution in [0.5, 0.6) is 0 Å². The highest BCUT2D eigenvalue weighted by atomic mass is 32.2. The molecule has 1 aliphatic rings. The highest BCUT2D eigenvalue weighted by Gasteiger charge is 2.32. The number of sulfonamides is 1. The summed E-state index contributed by atoms with van der Waals surface area (Å²) in [4.78, 5) is 12.3. The normalized spacial score (nSPS) is 22.2. The van der Waals surface area contributed by atoms with Crippen molar-refractivity contribution in [2.24, 2.45) is 22.7 Å². The Labute approximate surface area is 124 Å². The fraction of sp³-hybridized carbons (Fsp3) is 0.500. The Kier molecular flexibility index (Phi) is 4.65. The average Bonchev–Trinajstić information content (AvgIpc) is 2.88. The molecule has 1 fully saturated rings. The number of anilines is 1. The molecule has 0 bridgehead atoms. The van der Waals surface area contributed by atoms with E-state index in [4.69, 9.17) is 10.9 Å². The summed E-state index contributed by atoms with van der Waals surface area (Å²) in [7, 11) is -3.78. The molecule has 116 valence electrons. The maximum atomic E-state index is 12.3. The molecule has 1 amide bonds. The molecule has 0 aromatic heterocycles. The number of benzene rings is 1. The van der Waals surface area contributed by atoms with Gasteiger partial charge in [0.15, 0.2) is 0 Å². The molecule has 6 nitrogen and oxygen atoms in total. The fourth-order valence-electron chi connectivity index (χ4n) is 2.80.